The van der Waals surface area contributed by atoms with Gasteiger partial charge in [-0.05, 0) is 141 Å². The molecule has 0 amide bonds. The Labute approximate surface area is 363 Å². The van der Waals surface area contributed by atoms with Crippen LogP contribution in [0.5, 0.6) is 0 Å². The van der Waals surface area contributed by atoms with Gasteiger partial charge in [0.1, 0.15) is 0 Å². The van der Waals surface area contributed by atoms with Gasteiger partial charge in [0.25, 0.3) is 0 Å². The van der Waals surface area contributed by atoms with Crippen molar-refractivity contribution in [2.45, 2.75) is 13.8 Å². The van der Waals surface area contributed by atoms with Gasteiger partial charge in [-0.2, -0.15) is 0 Å². The predicted octanol–water partition coefficient (Wildman–Crippen LogP) is 16.7. The number of aromatic nitrogens is 1. The molecule has 0 atom stereocenters. The fourth-order valence-electron chi connectivity index (χ4n) is 9.46. The molecule has 10 aromatic carbocycles. The van der Waals surface area contributed by atoms with Crippen LogP contribution in [0.1, 0.15) is 11.1 Å². The average Bonchev–Trinajstić information content (AvgIpc) is 3.67. The summed E-state index contributed by atoms with van der Waals surface area (Å²) in [4.78, 5) is 2.43. The van der Waals surface area contributed by atoms with E-state index in [1.807, 2.05) is 0 Å². The van der Waals surface area contributed by atoms with Crippen LogP contribution >= 0.6 is 0 Å². The normalized spacial score (nSPS) is 11.4. The van der Waals surface area contributed by atoms with Crippen LogP contribution in [0.3, 0.4) is 0 Å². The molecule has 2 heteroatoms. The van der Waals surface area contributed by atoms with Crippen LogP contribution in [0.25, 0.3) is 82.8 Å². The summed E-state index contributed by atoms with van der Waals surface area (Å²) in [6.07, 6.45) is 0. The minimum atomic E-state index is 1.11. The lowest BCUT2D eigenvalue weighted by Gasteiger charge is -2.29. The van der Waals surface area contributed by atoms with Crippen molar-refractivity contribution in [1.29, 1.82) is 0 Å². The second kappa shape index (κ2) is 15.6. The molecule has 11 aromatic rings. The average molecular weight is 793 g/mol. The number of benzene rings is 10. The summed E-state index contributed by atoms with van der Waals surface area (Å²) in [6, 6.07) is 83.9. The summed E-state index contributed by atoms with van der Waals surface area (Å²) in [7, 11) is 0. The van der Waals surface area contributed by atoms with Crippen LogP contribution in [0, 0.1) is 13.8 Å². The molecule has 0 radical (unpaired) electrons. The standard InChI is InChI=1S/C60H44N2/c1-41-38-50(49-18-12-19-53(40-49)62-58-24-10-8-21-56(58)57-22-9-11-25-59(57)62)39-42(2)60(41)61(52-36-32-48(33-37-52)55-23-13-17-47-16-6-7-20-54(47)55)51-34-30-46(31-35-51)45-28-26-44(27-29-45)43-14-4-3-5-15-43/h3-40H,1-2H3. The molecular weight excluding hydrogens is 749 g/mol. The van der Waals surface area contributed by atoms with Gasteiger partial charge < -0.3 is 9.47 Å². The summed E-state index contributed by atoms with van der Waals surface area (Å²) in [5.41, 5.74) is 19.1. The first-order chi connectivity index (χ1) is 30.6. The van der Waals surface area contributed by atoms with E-state index in [1.54, 1.807) is 0 Å². The van der Waals surface area contributed by atoms with E-state index in [4.69, 9.17) is 0 Å². The number of hydrogen-bond acceptors (Lipinski definition) is 1. The largest absolute Gasteiger partial charge is 0.310 e. The van der Waals surface area contributed by atoms with Gasteiger partial charge in [0, 0.05) is 27.8 Å². The van der Waals surface area contributed by atoms with E-state index < -0.39 is 0 Å². The molecule has 62 heavy (non-hydrogen) atoms. The lowest BCUT2D eigenvalue weighted by atomic mass is 9.96. The van der Waals surface area contributed by atoms with Crippen molar-refractivity contribution in [3.05, 3.63) is 242 Å². The first-order valence-corrected chi connectivity index (χ1v) is 21.4. The fourth-order valence-corrected chi connectivity index (χ4v) is 9.46. The van der Waals surface area contributed by atoms with Gasteiger partial charge in [-0.25, -0.2) is 0 Å². The molecule has 2 nitrogen and oxygen atoms in total. The number of nitrogens with zero attached hydrogens (tertiary/aromatic N) is 2. The lowest BCUT2D eigenvalue weighted by molar-refractivity contribution is 1.18. The van der Waals surface area contributed by atoms with Crippen molar-refractivity contribution in [1.82, 2.24) is 4.57 Å². The van der Waals surface area contributed by atoms with Gasteiger partial charge in [0.2, 0.25) is 0 Å². The molecule has 0 bridgehead atoms. The SMILES string of the molecule is Cc1cc(-c2cccc(-n3c4ccccc4c4ccccc43)c2)cc(C)c1N(c1ccc(-c2ccc(-c3ccccc3)cc2)cc1)c1ccc(-c2cccc3ccccc23)cc1. The summed E-state index contributed by atoms with van der Waals surface area (Å²) >= 11 is 0. The molecule has 0 N–H and O–H groups in total. The number of rotatable bonds is 8. The highest BCUT2D eigenvalue weighted by Gasteiger charge is 2.20. The Morgan fingerprint density at radius 3 is 1.39 bits per heavy atom. The van der Waals surface area contributed by atoms with E-state index >= 15 is 0 Å². The lowest BCUT2D eigenvalue weighted by Crippen LogP contribution is -2.13. The molecule has 0 spiro atoms. The molecule has 1 heterocycles. The van der Waals surface area contributed by atoms with E-state index in [1.165, 1.54) is 93.9 Å². The van der Waals surface area contributed by atoms with Gasteiger partial charge in [-0.3, -0.25) is 0 Å². The van der Waals surface area contributed by atoms with Gasteiger partial charge in [0.15, 0.2) is 0 Å². The van der Waals surface area contributed by atoms with Gasteiger partial charge >= 0.3 is 0 Å². The minimum absolute atomic E-state index is 1.11. The van der Waals surface area contributed by atoms with Gasteiger partial charge in [0.05, 0.1) is 16.7 Å². The third kappa shape index (κ3) is 6.63. The maximum atomic E-state index is 2.43. The van der Waals surface area contributed by atoms with Crippen LogP contribution in [0.2, 0.25) is 0 Å². The van der Waals surface area contributed by atoms with E-state index in [0.29, 0.717) is 0 Å². The zero-order valence-corrected chi connectivity index (χ0v) is 34.8. The van der Waals surface area contributed by atoms with E-state index in [0.717, 1.165) is 17.1 Å². The van der Waals surface area contributed by atoms with Crippen molar-refractivity contribution in [3.63, 3.8) is 0 Å². The molecule has 0 aliphatic carbocycles. The summed E-state index contributed by atoms with van der Waals surface area (Å²) in [5.74, 6) is 0. The molecule has 0 saturated carbocycles. The zero-order valence-electron chi connectivity index (χ0n) is 34.8. The molecule has 0 aliphatic heterocycles. The van der Waals surface area contributed by atoms with Crippen LogP contribution < -0.4 is 4.90 Å². The summed E-state index contributed by atoms with van der Waals surface area (Å²) < 4.78 is 2.40. The molecular formula is C60H44N2. The molecule has 0 saturated heterocycles. The van der Waals surface area contributed by atoms with Crippen LogP contribution in [0.15, 0.2) is 231 Å². The molecule has 0 unspecified atom stereocenters. The Kier molecular flexibility index (Phi) is 9.32. The second-order valence-electron chi connectivity index (χ2n) is 16.3. The van der Waals surface area contributed by atoms with E-state index in [2.05, 4.69) is 254 Å². The van der Waals surface area contributed by atoms with E-state index in [9.17, 15) is 0 Å². The number of aryl methyl sites for hydroxylation is 2. The van der Waals surface area contributed by atoms with Crippen molar-refractivity contribution in [2.24, 2.45) is 0 Å². The smallest absolute Gasteiger partial charge is 0.0541 e. The summed E-state index contributed by atoms with van der Waals surface area (Å²) in [5, 5.41) is 5.04. The summed E-state index contributed by atoms with van der Waals surface area (Å²) in [6.45, 7) is 4.51. The Bertz CT molecular complexity index is 3310. The number of para-hydroxylation sites is 2. The Hall–Kier alpha value is -7.94. The third-order valence-corrected chi connectivity index (χ3v) is 12.4. The van der Waals surface area contributed by atoms with Gasteiger partial charge in [-0.15, -0.1) is 0 Å². The Balaban J connectivity index is 0.989. The Morgan fingerprint density at radius 2 is 0.774 bits per heavy atom. The topological polar surface area (TPSA) is 8.17 Å². The second-order valence-corrected chi connectivity index (χ2v) is 16.3. The highest BCUT2D eigenvalue weighted by atomic mass is 15.1. The molecule has 1 aromatic heterocycles. The van der Waals surface area contributed by atoms with Crippen molar-refractivity contribution in [2.75, 3.05) is 4.90 Å². The van der Waals surface area contributed by atoms with Crippen LogP contribution in [0.4, 0.5) is 17.1 Å². The van der Waals surface area contributed by atoms with Gasteiger partial charge in [-0.1, -0.05) is 170 Å². The van der Waals surface area contributed by atoms with E-state index in [-0.39, 0.29) is 0 Å². The zero-order chi connectivity index (χ0) is 41.6. The first-order valence-electron chi connectivity index (χ1n) is 21.4. The number of hydrogen-bond donors (Lipinski definition) is 0. The highest BCUT2D eigenvalue weighted by molar-refractivity contribution is 6.09. The van der Waals surface area contributed by atoms with Crippen molar-refractivity contribution in [3.8, 4) is 50.2 Å². The maximum absolute atomic E-state index is 2.43. The van der Waals surface area contributed by atoms with Crippen LogP contribution in [-0.2, 0) is 0 Å². The first kappa shape index (κ1) is 37.1. The van der Waals surface area contributed by atoms with Crippen LogP contribution in [-0.4, -0.2) is 4.57 Å². The van der Waals surface area contributed by atoms with Crippen molar-refractivity contribution < 1.29 is 0 Å². The van der Waals surface area contributed by atoms with Crippen molar-refractivity contribution >= 4 is 49.6 Å². The number of anilines is 3. The monoisotopic (exact) mass is 792 g/mol. The number of fused-ring (bicyclic) bond motifs is 4. The molecule has 294 valence electrons. The molecule has 11 rings (SSSR count). The molecule has 0 aliphatic rings. The molecule has 0 fully saturated rings. The predicted molar refractivity (Wildman–Crippen MR) is 264 cm³/mol. The Morgan fingerprint density at radius 1 is 0.323 bits per heavy atom. The minimum Gasteiger partial charge on any atom is -0.310 e. The quantitative estimate of drug-likeness (QED) is 0.149. The fraction of sp³-hybridized carbons (Fsp3) is 0.0333. The maximum Gasteiger partial charge on any atom is 0.0541 e. The highest BCUT2D eigenvalue weighted by Crippen LogP contribution is 2.43. The third-order valence-electron chi connectivity index (χ3n) is 12.4.